The number of carbonyl (C=O) groups is 1. The topological polar surface area (TPSA) is 97.9 Å². The van der Waals surface area contributed by atoms with Crippen molar-refractivity contribution in [1.82, 2.24) is 0 Å². The second kappa shape index (κ2) is 18.3. The number of hydrogen-bond acceptors (Lipinski definition) is 7. The first kappa shape index (κ1) is 27.8. The Balaban J connectivity index is 1.85. The summed E-state index contributed by atoms with van der Waals surface area (Å²) in [7, 11) is -3.38. The molecular weight excluding hydrogens is 419 g/mol. The summed E-state index contributed by atoms with van der Waals surface area (Å²) in [6.45, 7) is 1.75. The lowest BCUT2D eigenvalue weighted by Gasteiger charge is -2.09. The molecule has 0 radical (unpaired) electrons. The van der Waals surface area contributed by atoms with Crippen LogP contribution in [0.5, 0.6) is 0 Å². The first-order chi connectivity index (χ1) is 15.1. The smallest absolute Gasteiger partial charge is 0.463 e. The van der Waals surface area contributed by atoms with Gasteiger partial charge in [-0.05, 0) is 44.9 Å². The van der Waals surface area contributed by atoms with Crippen LogP contribution in [0.25, 0.3) is 0 Å². The molecule has 0 bridgehead atoms. The van der Waals surface area contributed by atoms with E-state index in [1.54, 1.807) is 0 Å². The van der Waals surface area contributed by atoms with Crippen molar-refractivity contribution in [2.75, 3.05) is 13.2 Å². The van der Waals surface area contributed by atoms with E-state index >= 15 is 0 Å². The third kappa shape index (κ3) is 18.1. The van der Waals surface area contributed by atoms with Gasteiger partial charge in [0.25, 0.3) is 0 Å². The number of hydrogen-bond donors (Lipinski definition) is 1. The normalized spacial score (nSPS) is 16.5. The largest absolute Gasteiger partial charge is 0.530 e. The third-order valence-electron chi connectivity index (χ3n) is 4.58. The van der Waals surface area contributed by atoms with E-state index in [1.165, 1.54) is 25.7 Å². The maximum atomic E-state index is 11.6. The van der Waals surface area contributed by atoms with Crippen LogP contribution in [0.2, 0.25) is 0 Å². The van der Waals surface area contributed by atoms with Crippen molar-refractivity contribution < 1.29 is 33.1 Å². The molecule has 1 aliphatic rings. The summed E-state index contributed by atoms with van der Waals surface area (Å²) in [4.78, 5) is 11.6. The summed E-state index contributed by atoms with van der Waals surface area (Å²) < 4.78 is 28.9. The van der Waals surface area contributed by atoms with E-state index in [0.717, 1.165) is 44.9 Å². The summed E-state index contributed by atoms with van der Waals surface area (Å²) in [5.41, 5.74) is 0. The Bertz CT molecular complexity index is 593. The van der Waals surface area contributed by atoms with Crippen LogP contribution in [0.3, 0.4) is 0 Å². The zero-order valence-corrected chi connectivity index (χ0v) is 19.7. The van der Waals surface area contributed by atoms with Crippen LogP contribution < -0.4 is 0 Å². The van der Waals surface area contributed by atoms with Gasteiger partial charge in [-0.1, -0.05) is 69.1 Å². The highest BCUT2D eigenvalue weighted by molar-refractivity contribution is 7.52. The number of carbonyl (C=O) groups excluding carboxylic acids is 1. The molecule has 1 saturated heterocycles. The monoisotopic (exact) mass is 458 g/mol. The molecule has 8 heteroatoms. The second-order valence-electron chi connectivity index (χ2n) is 7.56. The van der Waals surface area contributed by atoms with Gasteiger partial charge < -0.3 is 9.84 Å². The highest BCUT2D eigenvalue weighted by Crippen LogP contribution is 2.65. The molecule has 1 heterocycles. The molecule has 178 valence electrons. The minimum atomic E-state index is -3.38. The molecule has 7 nitrogen and oxygen atoms in total. The molecule has 0 aromatic carbocycles. The average molecular weight is 459 g/mol. The van der Waals surface area contributed by atoms with E-state index in [9.17, 15) is 14.5 Å². The molecule has 1 atom stereocenters. The fraction of sp³-hybridized carbons (Fsp3) is 0.696. The van der Waals surface area contributed by atoms with Gasteiger partial charge in [0.15, 0.2) is 0 Å². The fourth-order valence-electron chi connectivity index (χ4n) is 2.73. The molecule has 1 aliphatic heterocycles. The minimum absolute atomic E-state index is 0.201. The van der Waals surface area contributed by atoms with Gasteiger partial charge in [-0.2, -0.15) is 0 Å². The number of aliphatic hydroxyl groups excluding tert-OH is 1. The summed E-state index contributed by atoms with van der Waals surface area (Å²) in [5.74, 6) is -0.355. The zero-order valence-electron chi connectivity index (χ0n) is 18.8. The lowest BCUT2D eigenvalue weighted by Crippen LogP contribution is -2.22. The molecule has 0 spiro atoms. The number of aliphatic hydroxyl groups is 1. The molecule has 1 fully saturated rings. The number of unbranched alkanes of at least 4 members (excludes halogenated alkanes) is 7. The maximum Gasteiger partial charge on any atom is 0.530 e. The molecular formula is C23H39O7P. The summed E-state index contributed by atoms with van der Waals surface area (Å²) >= 11 is 0. The predicted molar refractivity (Wildman–Crippen MR) is 121 cm³/mol. The molecule has 1 rings (SSSR count). The molecule has 0 aromatic rings. The van der Waals surface area contributed by atoms with Crippen molar-refractivity contribution in [3.8, 4) is 0 Å². The van der Waals surface area contributed by atoms with E-state index < -0.39 is 13.9 Å². The molecule has 1 N–H and O–H groups in total. The number of phosphoric acid groups is 1. The maximum absolute atomic E-state index is 11.6. The van der Waals surface area contributed by atoms with Gasteiger partial charge in [-0.15, -0.1) is 9.35 Å². The van der Waals surface area contributed by atoms with Gasteiger partial charge in [0, 0.05) is 6.42 Å². The Labute approximate surface area is 187 Å². The van der Waals surface area contributed by atoms with Crippen molar-refractivity contribution in [2.45, 2.75) is 90.1 Å². The van der Waals surface area contributed by atoms with Gasteiger partial charge in [0.2, 0.25) is 0 Å². The van der Waals surface area contributed by atoms with E-state index in [1.807, 2.05) is 0 Å². The van der Waals surface area contributed by atoms with Gasteiger partial charge in [-0.25, -0.2) is 4.57 Å². The van der Waals surface area contributed by atoms with Crippen molar-refractivity contribution in [3.05, 3.63) is 36.5 Å². The van der Waals surface area contributed by atoms with Gasteiger partial charge in [-0.3, -0.25) is 9.32 Å². The average Bonchev–Trinajstić information content (AvgIpc) is 3.50. The van der Waals surface area contributed by atoms with Crippen LogP contribution in [0.4, 0.5) is 0 Å². The summed E-state index contributed by atoms with van der Waals surface area (Å²) in [5, 5.41) is 9.56. The standard InChI is InChI=1S/C23H39O7P/c1-2-3-4-5-6-7-8-9-10-11-12-13-14-15-16-17-18-19-23(25)27-20-22(24)21-28-31(26)29-30-31/h6-7,9-10,12-13,22,24H,2-5,8,11,14-21H2,1H3/b7-6+,10-9+,13-12+. The van der Waals surface area contributed by atoms with Crippen molar-refractivity contribution in [1.29, 1.82) is 0 Å². The van der Waals surface area contributed by atoms with Crippen molar-refractivity contribution in [2.24, 2.45) is 0 Å². The van der Waals surface area contributed by atoms with E-state index in [-0.39, 0.29) is 19.2 Å². The highest BCUT2D eigenvalue weighted by Gasteiger charge is 2.46. The number of allylic oxidation sites excluding steroid dienone is 6. The number of esters is 1. The molecule has 0 saturated carbocycles. The van der Waals surface area contributed by atoms with Crippen LogP contribution >= 0.6 is 7.82 Å². The number of rotatable bonds is 20. The Morgan fingerprint density at radius 3 is 2.06 bits per heavy atom. The Morgan fingerprint density at radius 1 is 0.871 bits per heavy atom. The van der Waals surface area contributed by atoms with Crippen molar-refractivity contribution >= 4 is 13.8 Å². The van der Waals surface area contributed by atoms with Gasteiger partial charge >= 0.3 is 13.8 Å². The van der Waals surface area contributed by atoms with E-state index in [4.69, 9.17) is 4.74 Å². The molecule has 0 aromatic heterocycles. The summed E-state index contributed by atoms with van der Waals surface area (Å²) in [6, 6.07) is 0. The van der Waals surface area contributed by atoms with Gasteiger partial charge in [0.1, 0.15) is 12.7 Å². The third-order valence-corrected chi connectivity index (χ3v) is 5.44. The van der Waals surface area contributed by atoms with E-state index in [2.05, 4.69) is 57.3 Å². The first-order valence-electron chi connectivity index (χ1n) is 11.5. The predicted octanol–water partition coefficient (Wildman–Crippen LogP) is 6.35. The lowest BCUT2D eigenvalue weighted by molar-refractivity contribution is -0.147. The van der Waals surface area contributed by atoms with Crippen LogP contribution in [-0.4, -0.2) is 30.4 Å². The second-order valence-corrected chi connectivity index (χ2v) is 9.01. The quantitative estimate of drug-likeness (QED) is 0.0567. The van der Waals surface area contributed by atoms with Crippen molar-refractivity contribution in [3.63, 3.8) is 0 Å². The van der Waals surface area contributed by atoms with Crippen LogP contribution in [0.15, 0.2) is 36.5 Å². The summed E-state index contributed by atoms with van der Waals surface area (Å²) in [6.07, 6.45) is 24.7. The lowest BCUT2D eigenvalue weighted by atomic mass is 10.1. The van der Waals surface area contributed by atoms with Crippen LogP contribution in [0.1, 0.15) is 84.0 Å². The van der Waals surface area contributed by atoms with E-state index in [0.29, 0.717) is 6.42 Å². The minimum Gasteiger partial charge on any atom is -0.463 e. The molecule has 0 aliphatic carbocycles. The SMILES string of the molecule is CCCCC/C=C/C/C=C/C/C=C/CCCCCCC(=O)OCC(O)COP1(=O)OO1. The fourth-order valence-corrected chi connectivity index (χ4v) is 3.39. The van der Waals surface area contributed by atoms with Crippen LogP contribution in [-0.2, 0) is 28.0 Å². The zero-order chi connectivity index (χ0) is 22.6. The highest BCUT2D eigenvalue weighted by atomic mass is 31.2. The number of ether oxygens (including phenoxy) is 1. The molecule has 1 unspecified atom stereocenters. The first-order valence-corrected chi connectivity index (χ1v) is 12.9. The Morgan fingerprint density at radius 2 is 1.45 bits per heavy atom. The van der Waals surface area contributed by atoms with Gasteiger partial charge in [0.05, 0.1) is 6.61 Å². The Kier molecular flexibility index (Phi) is 16.4. The Hall–Kier alpha value is -1.24. The molecule has 0 amide bonds. The molecule has 31 heavy (non-hydrogen) atoms. The van der Waals surface area contributed by atoms with Crippen LogP contribution in [0, 0.1) is 0 Å².